The van der Waals surface area contributed by atoms with Gasteiger partial charge in [-0.3, -0.25) is 4.79 Å². The minimum Gasteiger partial charge on any atom is -0.504 e. The van der Waals surface area contributed by atoms with Crippen LogP contribution in [0.1, 0.15) is 16.7 Å². The number of aliphatic carboxylic acids is 1. The van der Waals surface area contributed by atoms with E-state index in [1.807, 2.05) is 36.4 Å². The SMILES string of the molecule is C=CCc1cc(CN[C@@H](Cc2ccccc2)C(=O)O)cc(OC)c1O. The highest BCUT2D eigenvalue weighted by molar-refractivity contribution is 5.73. The molecule has 0 aliphatic rings. The molecule has 0 saturated carbocycles. The van der Waals surface area contributed by atoms with Crippen LogP contribution in [0.2, 0.25) is 0 Å². The van der Waals surface area contributed by atoms with Crippen molar-refractivity contribution < 1.29 is 19.7 Å². The van der Waals surface area contributed by atoms with Gasteiger partial charge in [0.05, 0.1) is 7.11 Å². The Kier molecular flexibility index (Phi) is 6.60. The van der Waals surface area contributed by atoms with Gasteiger partial charge in [0.25, 0.3) is 0 Å². The molecule has 0 aliphatic carbocycles. The smallest absolute Gasteiger partial charge is 0.321 e. The summed E-state index contributed by atoms with van der Waals surface area (Å²) < 4.78 is 5.19. The molecule has 0 heterocycles. The Morgan fingerprint density at radius 1 is 1.28 bits per heavy atom. The van der Waals surface area contributed by atoms with Gasteiger partial charge in [-0.05, 0) is 30.0 Å². The molecule has 0 aromatic heterocycles. The van der Waals surface area contributed by atoms with E-state index in [1.165, 1.54) is 7.11 Å². The molecule has 132 valence electrons. The molecule has 25 heavy (non-hydrogen) atoms. The molecule has 5 nitrogen and oxygen atoms in total. The third-order valence-electron chi connectivity index (χ3n) is 3.93. The molecular formula is C20H23NO4. The molecule has 2 aromatic carbocycles. The van der Waals surface area contributed by atoms with Crippen LogP contribution >= 0.6 is 0 Å². The average molecular weight is 341 g/mol. The summed E-state index contributed by atoms with van der Waals surface area (Å²) in [7, 11) is 1.49. The Morgan fingerprint density at radius 2 is 2.00 bits per heavy atom. The number of benzene rings is 2. The topological polar surface area (TPSA) is 78.8 Å². The van der Waals surface area contributed by atoms with Crippen molar-refractivity contribution in [3.05, 3.63) is 71.8 Å². The van der Waals surface area contributed by atoms with Crippen molar-refractivity contribution in [3.63, 3.8) is 0 Å². The number of hydrogen-bond donors (Lipinski definition) is 3. The van der Waals surface area contributed by atoms with Gasteiger partial charge in [-0.2, -0.15) is 0 Å². The van der Waals surface area contributed by atoms with Crippen molar-refractivity contribution in [1.82, 2.24) is 5.32 Å². The predicted octanol–water partition coefficient (Wildman–Crippen LogP) is 2.91. The molecule has 0 spiro atoms. The van der Waals surface area contributed by atoms with E-state index >= 15 is 0 Å². The number of aromatic hydroxyl groups is 1. The monoisotopic (exact) mass is 341 g/mol. The van der Waals surface area contributed by atoms with Gasteiger partial charge >= 0.3 is 5.97 Å². The van der Waals surface area contributed by atoms with Crippen molar-refractivity contribution in [1.29, 1.82) is 0 Å². The van der Waals surface area contributed by atoms with Gasteiger partial charge in [-0.15, -0.1) is 6.58 Å². The number of ether oxygens (including phenoxy) is 1. The summed E-state index contributed by atoms with van der Waals surface area (Å²) in [6, 6.07) is 12.3. The molecule has 5 heteroatoms. The van der Waals surface area contributed by atoms with Gasteiger partial charge < -0.3 is 20.3 Å². The van der Waals surface area contributed by atoms with Crippen molar-refractivity contribution in [3.8, 4) is 11.5 Å². The van der Waals surface area contributed by atoms with Gasteiger partial charge in [0.1, 0.15) is 6.04 Å². The number of rotatable bonds is 9. The number of nitrogens with one attached hydrogen (secondary N) is 1. The average Bonchev–Trinajstić information content (AvgIpc) is 2.61. The first kappa shape index (κ1) is 18.5. The second-order valence-electron chi connectivity index (χ2n) is 5.76. The fourth-order valence-electron chi connectivity index (χ4n) is 2.64. The zero-order valence-electron chi connectivity index (χ0n) is 14.2. The summed E-state index contributed by atoms with van der Waals surface area (Å²) >= 11 is 0. The fourth-order valence-corrected chi connectivity index (χ4v) is 2.64. The number of phenolic OH excluding ortho intramolecular Hbond substituents is 1. The number of methoxy groups -OCH3 is 1. The molecule has 1 atom stereocenters. The zero-order chi connectivity index (χ0) is 18.2. The van der Waals surface area contributed by atoms with Gasteiger partial charge in [-0.1, -0.05) is 42.5 Å². The summed E-state index contributed by atoms with van der Waals surface area (Å²) in [6.45, 7) is 4.03. The fraction of sp³-hybridized carbons (Fsp3) is 0.250. The van der Waals surface area contributed by atoms with Crippen molar-refractivity contribution in [2.75, 3.05) is 7.11 Å². The summed E-state index contributed by atoms with van der Waals surface area (Å²) in [4.78, 5) is 11.5. The Morgan fingerprint density at radius 3 is 2.60 bits per heavy atom. The van der Waals surface area contributed by atoms with E-state index in [0.717, 1.165) is 11.1 Å². The largest absolute Gasteiger partial charge is 0.504 e. The third-order valence-corrected chi connectivity index (χ3v) is 3.93. The molecule has 2 rings (SSSR count). The quantitative estimate of drug-likeness (QED) is 0.611. The normalized spacial score (nSPS) is 11.7. The molecule has 0 unspecified atom stereocenters. The second-order valence-corrected chi connectivity index (χ2v) is 5.76. The molecule has 0 bridgehead atoms. The molecule has 3 N–H and O–H groups in total. The van der Waals surface area contributed by atoms with Crippen LogP contribution < -0.4 is 10.1 Å². The number of carboxylic acids is 1. The van der Waals surface area contributed by atoms with Gasteiger partial charge in [0, 0.05) is 12.1 Å². The van der Waals surface area contributed by atoms with E-state index in [9.17, 15) is 15.0 Å². The van der Waals surface area contributed by atoms with E-state index < -0.39 is 12.0 Å². The van der Waals surface area contributed by atoms with Crippen LogP contribution in [-0.2, 0) is 24.2 Å². The Bertz CT molecular complexity index is 728. The van der Waals surface area contributed by atoms with Gasteiger partial charge in [-0.25, -0.2) is 0 Å². The number of hydrogen-bond acceptors (Lipinski definition) is 4. The highest BCUT2D eigenvalue weighted by atomic mass is 16.5. The molecule has 2 aromatic rings. The van der Waals surface area contributed by atoms with Crippen LogP contribution in [0.4, 0.5) is 0 Å². The van der Waals surface area contributed by atoms with E-state index in [1.54, 1.807) is 12.1 Å². The summed E-state index contributed by atoms with van der Waals surface area (Å²) in [6.07, 6.45) is 2.59. The summed E-state index contributed by atoms with van der Waals surface area (Å²) in [5.74, 6) is -0.447. The van der Waals surface area contributed by atoms with Gasteiger partial charge in [0.15, 0.2) is 11.5 Å². The Hall–Kier alpha value is -2.79. The second kappa shape index (κ2) is 8.89. The molecule has 0 saturated heterocycles. The first-order valence-corrected chi connectivity index (χ1v) is 8.05. The standard InChI is InChI=1S/C20H23NO4/c1-3-7-16-10-15(12-18(25-2)19(16)22)13-21-17(20(23)24)11-14-8-5-4-6-9-14/h3-6,8-10,12,17,21-22H,1,7,11,13H2,2H3,(H,23,24)/t17-/m0/s1. The summed E-state index contributed by atoms with van der Waals surface area (Å²) in [5, 5.41) is 22.6. The van der Waals surface area contributed by atoms with Crippen molar-refractivity contribution in [2.45, 2.75) is 25.4 Å². The number of phenols is 1. The van der Waals surface area contributed by atoms with Crippen molar-refractivity contribution in [2.24, 2.45) is 0 Å². The maximum atomic E-state index is 11.5. The minimum absolute atomic E-state index is 0.0882. The van der Waals surface area contributed by atoms with Crippen LogP contribution in [0.5, 0.6) is 11.5 Å². The van der Waals surface area contributed by atoms with Gasteiger partial charge in [0.2, 0.25) is 0 Å². The molecule has 0 fully saturated rings. The lowest BCUT2D eigenvalue weighted by molar-refractivity contribution is -0.139. The Labute approximate surface area is 147 Å². The predicted molar refractivity (Wildman–Crippen MR) is 97.0 cm³/mol. The van der Waals surface area contributed by atoms with Crippen LogP contribution in [0, 0.1) is 0 Å². The zero-order valence-corrected chi connectivity index (χ0v) is 14.2. The first-order chi connectivity index (χ1) is 12.0. The Balaban J connectivity index is 2.13. The van der Waals surface area contributed by atoms with E-state index in [2.05, 4.69) is 11.9 Å². The molecular weight excluding hydrogens is 318 g/mol. The van der Waals surface area contributed by atoms with Crippen LogP contribution in [0.3, 0.4) is 0 Å². The highest BCUT2D eigenvalue weighted by Gasteiger charge is 2.18. The number of carbonyl (C=O) groups is 1. The number of allylic oxidation sites excluding steroid dienone is 1. The lowest BCUT2D eigenvalue weighted by Gasteiger charge is -2.16. The first-order valence-electron chi connectivity index (χ1n) is 8.05. The molecule has 0 aliphatic heterocycles. The van der Waals surface area contributed by atoms with Crippen molar-refractivity contribution >= 4 is 5.97 Å². The number of carboxylic acid groups (broad SMARTS) is 1. The van der Waals surface area contributed by atoms with Crippen LogP contribution in [0.25, 0.3) is 0 Å². The van der Waals surface area contributed by atoms with E-state index in [0.29, 0.717) is 30.7 Å². The third kappa shape index (κ3) is 5.09. The summed E-state index contributed by atoms with van der Waals surface area (Å²) in [5.41, 5.74) is 2.49. The lowest BCUT2D eigenvalue weighted by atomic mass is 10.0. The highest BCUT2D eigenvalue weighted by Crippen LogP contribution is 2.32. The van der Waals surface area contributed by atoms with E-state index in [4.69, 9.17) is 4.74 Å². The maximum Gasteiger partial charge on any atom is 0.321 e. The maximum absolute atomic E-state index is 11.5. The van der Waals surface area contributed by atoms with E-state index in [-0.39, 0.29) is 5.75 Å². The molecule has 0 amide bonds. The molecule has 0 radical (unpaired) electrons. The van der Waals surface area contributed by atoms with Crippen LogP contribution in [-0.4, -0.2) is 29.3 Å². The lowest BCUT2D eigenvalue weighted by Crippen LogP contribution is -2.38. The minimum atomic E-state index is -0.902. The van der Waals surface area contributed by atoms with Crippen LogP contribution in [0.15, 0.2) is 55.1 Å².